The average Bonchev–Trinajstić information content (AvgIpc) is 1.61. The summed E-state index contributed by atoms with van der Waals surface area (Å²) in [6.45, 7) is 11.9. The Labute approximate surface area is 1670 Å². The fourth-order valence-corrected chi connectivity index (χ4v) is 13.0. The summed E-state index contributed by atoms with van der Waals surface area (Å²) in [5, 5.41) is 28.7. The number of benzene rings is 4. The number of aliphatic carboxylic acids is 1. The van der Waals surface area contributed by atoms with Gasteiger partial charge in [0.15, 0.2) is 0 Å². The second-order valence-electron chi connectivity index (χ2n) is 23.6. The van der Waals surface area contributed by atoms with E-state index < -0.39 is 71.0 Å². The van der Waals surface area contributed by atoms with Crippen LogP contribution in [0.2, 0.25) is 0 Å². The number of oxime groups is 2. The SMILES string of the molecule is C.CC(C)(C)[C@@H]1NC(=O)c2sccc2/C=C/COc2ccc3c(c2)C(=NO[C@@H]2C[C@@H](C(=O)O)N(C2)C1=O)c1ccccc1-3.COC(=O)[C@@H]1C[C@@H]2CN1C(=O)[C@H](C(C)(C)C)NC(=O)c1sccc1/C=C/COc1ccc3c(c1)C(=NO2)c1ccccc1-3.[H-].[H-].[H-].[H-].[H-].[H-].[H-].[H-].[H-].[H-].[H-].[H-].[H-].[H-].[H-].[H-].[H-].[H-].[H-].[H-].[H-].[H-].[H-].[K+].[K+].[K+].[K+].[K+].[K+].[K+].[K+].[K+].[K+].[K+].[K+].[K+].[K+].[K+].[K+].[K+].[K+].[K+].[K+].[K+].[K+].[K+]. The zero-order valence-corrected chi connectivity index (χ0v) is 144. The number of esters is 1. The molecule has 492 valence electrons. The van der Waals surface area contributed by atoms with Crippen molar-refractivity contribution in [1.82, 2.24) is 20.4 Å². The van der Waals surface area contributed by atoms with Crippen molar-refractivity contribution in [3.05, 3.63) is 163 Å². The van der Waals surface area contributed by atoms with Crippen molar-refractivity contribution in [3.63, 3.8) is 0 Å². The van der Waals surface area contributed by atoms with Gasteiger partial charge in [-0.2, -0.15) is 0 Å². The molecule has 2 aromatic heterocycles. The van der Waals surface area contributed by atoms with Crippen molar-refractivity contribution in [2.24, 2.45) is 21.1 Å². The minimum atomic E-state index is -1.13. The Balaban J connectivity index is -0.0000000288. The number of methoxy groups -OCH3 is 1. The number of carbonyl (C=O) groups excluding carboxylic acids is 5. The molecule has 18 nitrogen and oxygen atoms in total. The number of nitrogens with zero attached hydrogens (tertiary/aromatic N) is 4. The Morgan fingerprint density at radius 3 is 1.13 bits per heavy atom. The van der Waals surface area contributed by atoms with Gasteiger partial charge in [0.2, 0.25) is 11.8 Å². The minimum absolute atomic E-state index is 0. The van der Waals surface area contributed by atoms with Crippen molar-refractivity contribution in [3.8, 4) is 33.8 Å². The molecule has 109 heavy (non-hydrogen) atoms. The number of hydrogen-bond donors (Lipinski definition) is 3. The molecule has 6 atom stereocenters. The number of hydrogen-bond acceptors (Lipinski definition) is 15. The van der Waals surface area contributed by atoms with Gasteiger partial charge in [0.05, 0.1) is 30.0 Å². The van der Waals surface area contributed by atoms with E-state index in [0.29, 0.717) is 44.8 Å². The Kier molecular flexibility index (Phi) is 135. The van der Waals surface area contributed by atoms with E-state index >= 15 is 0 Å². The van der Waals surface area contributed by atoms with E-state index in [4.69, 9.17) is 23.9 Å². The first-order valence-corrected chi connectivity index (χ1v) is 29.8. The van der Waals surface area contributed by atoms with E-state index in [1.807, 2.05) is 174 Å². The van der Waals surface area contributed by atoms with Crippen molar-refractivity contribution < 1.29 is 1270 Å². The van der Waals surface area contributed by atoms with Gasteiger partial charge >= 0.3 is 1190 Å². The van der Waals surface area contributed by atoms with Crippen LogP contribution in [0.1, 0.15) is 147 Å². The quantitative estimate of drug-likeness (QED) is 0.109. The molecule has 6 heterocycles. The standard InChI is InChI=1S/C33H33N3O6S.C32H31N3O6S.CH4.23K.23H/c1-33(2,3)29-31(38)36-18-21(17-26(36)32(39)40-4)42-35-27-24-10-6-5-9-22(24)23-12-11-20(16-25(23)27)41-14-7-8-19-13-15-43-28(19)30(37)34-29;1-32(2,3)28-30(37)35-17-20(16-25(35)31(38)39)41-34-26-23-9-5-4-8-21(23)22-11-10-19(15-24(22)26)40-13-6-7-18-12-14-42-27(18)29(36)33-28;;;;;;;;;;;;;;;;;;;;;;;;;;;;;;;;;;;;;;;;;;;;;;;/h5-13,15-16,21,26,29H,14,17-18H2,1-4H3,(H,34,37);4-12,14-15,20,25,28H,13,16-17H2,1-3H3,(H,33,36)(H,38,39);1H4;;;;;;;;;;;;;;;;;;;;;;;;;;;;;;;;;;;;;;;;;;;;;;/q;;;23*+1;23*-1/b8-7+,35-27?;7-6+,34-26?;;;;;;;;;;;;;;;;;;;;;;;;;;;;;;;;;;;;;;;;;;;;;;;/t21-,26+,29-;20-,25+,28-;;;;;;;;;;;;;;;;;;;;;;;;;;;;;;;;;;;;;;;;;;;;;;;/m11.............................................../s1. The van der Waals surface area contributed by atoms with Gasteiger partial charge in [-0.25, -0.2) is 9.59 Å². The van der Waals surface area contributed by atoms with Gasteiger partial charge in [-0.3, -0.25) is 19.2 Å². The van der Waals surface area contributed by atoms with Crippen molar-refractivity contribution in [2.75, 3.05) is 33.4 Å². The summed E-state index contributed by atoms with van der Waals surface area (Å²) in [6, 6.07) is 27.4. The topological polar surface area (TPSA) is 224 Å². The number of ether oxygens (including phenoxy) is 3. The Morgan fingerprint density at radius 2 is 0.798 bits per heavy atom. The van der Waals surface area contributed by atoms with E-state index in [0.717, 1.165) is 50.1 Å². The molecular weight excluding hydrogens is 2030 g/mol. The first kappa shape index (κ1) is 168. The molecule has 0 spiro atoms. The van der Waals surface area contributed by atoms with Crippen LogP contribution in [0.25, 0.3) is 34.4 Å². The van der Waals surface area contributed by atoms with Gasteiger partial charge in [0.1, 0.15) is 72.5 Å². The number of fused-ring (bicyclic) bond motifs is 14. The predicted octanol–water partition coefficient (Wildman–Crippen LogP) is -56.0. The predicted molar refractivity (Wildman–Crippen MR) is 356 cm³/mol. The fourth-order valence-electron chi connectivity index (χ4n) is 11.4. The van der Waals surface area contributed by atoms with Gasteiger partial charge in [-0.1, -0.05) is 120 Å². The van der Waals surface area contributed by atoms with Gasteiger partial charge in [-0.15, -0.1) is 22.7 Å². The monoisotopic (exact) mass is 2120 g/mol. The normalized spacial score (nSPS) is 17.6. The maximum absolute atomic E-state index is 14.1. The van der Waals surface area contributed by atoms with Gasteiger partial charge in [0.25, 0.3) is 11.8 Å². The van der Waals surface area contributed by atoms with Crippen LogP contribution in [-0.2, 0) is 33.6 Å². The third-order valence-electron chi connectivity index (χ3n) is 15.7. The summed E-state index contributed by atoms with van der Waals surface area (Å²) < 4.78 is 17.2. The molecule has 8 bridgehead atoms. The molecule has 6 aromatic rings. The van der Waals surface area contributed by atoms with E-state index in [1.165, 1.54) is 39.6 Å². The fraction of sp³-hybridized carbons (Fsp3) is 0.333. The second-order valence-corrected chi connectivity index (χ2v) is 25.4. The minimum Gasteiger partial charge on any atom is -1.00 e. The molecule has 4 amide bonds. The maximum Gasteiger partial charge on any atom is 1.00 e. The number of carboxylic acids is 1. The molecule has 43 heteroatoms. The third-order valence-corrected chi connectivity index (χ3v) is 17.6. The Morgan fingerprint density at radius 1 is 0.477 bits per heavy atom. The maximum atomic E-state index is 14.1. The van der Waals surface area contributed by atoms with Crippen LogP contribution >= 0.6 is 22.7 Å². The summed E-state index contributed by atoms with van der Waals surface area (Å²) in [5.74, 6) is -1.97. The average molecular weight is 2120 g/mol. The number of carbonyl (C=O) groups is 6. The zero-order chi connectivity index (χ0) is 59.9. The number of rotatable bonds is 2. The van der Waals surface area contributed by atoms with Crippen LogP contribution in [0, 0.1) is 10.8 Å². The van der Waals surface area contributed by atoms with Crippen LogP contribution in [-0.4, -0.2) is 132 Å². The molecule has 2 saturated heterocycles. The van der Waals surface area contributed by atoms with Gasteiger partial charge in [-0.05, 0) is 116 Å². The first-order valence-electron chi connectivity index (χ1n) is 28.0. The molecule has 6 aliphatic rings. The number of thiophene rings is 2. The molecule has 3 N–H and O–H groups in total. The van der Waals surface area contributed by atoms with Crippen LogP contribution in [0.3, 0.4) is 0 Å². The molecule has 2 fully saturated rings. The largest absolute Gasteiger partial charge is 1.00 e. The van der Waals surface area contributed by atoms with Crippen LogP contribution in [0.5, 0.6) is 11.5 Å². The molecule has 4 aromatic carbocycles. The van der Waals surface area contributed by atoms with E-state index in [2.05, 4.69) is 20.9 Å². The van der Waals surface area contributed by atoms with E-state index in [-0.39, 0.29) is 1270 Å². The second kappa shape index (κ2) is 87.5. The van der Waals surface area contributed by atoms with Gasteiger partial charge in [0, 0.05) is 35.1 Å². The van der Waals surface area contributed by atoms with Crippen molar-refractivity contribution >= 4 is 81.8 Å². The number of amides is 4. The smallest absolute Gasteiger partial charge is 1.00 e. The summed E-state index contributed by atoms with van der Waals surface area (Å²) in [5.41, 5.74) is 8.99. The van der Waals surface area contributed by atoms with Crippen LogP contribution < -0.4 is 1200 Å². The molecule has 12 rings (SSSR count). The van der Waals surface area contributed by atoms with Crippen molar-refractivity contribution in [2.45, 2.75) is 98.2 Å². The van der Waals surface area contributed by atoms with Crippen LogP contribution in [0.15, 0.2) is 130 Å². The molecule has 0 radical (unpaired) electrons. The Hall–Kier alpha value is 28.8. The zero-order valence-electron chi connectivity index (χ0n) is 94.0. The summed E-state index contributed by atoms with van der Waals surface area (Å²) in [7, 11) is 1.30. The third kappa shape index (κ3) is 50.0. The molecule has 0 unspecified atom stereocenters. The first-order chi connectivity index (χ1) is 40.8. The molecular formula is C66H91K23N6O12S2. The van der Waals surface area contributed by atoms with Crippen LogP contribution in [0.4, 0.5) is 0 Å². The number of nitrogens with one attached hydrogen (secondary N) is 2. The molecule has 0 saturated carbocycles. The van der Waals surface area contributed by atoms with Crippen molar-refractivity contribution in [1.29, 1.82) is 0 Å². The summed E-state index contributed by atoms with van der Waals surface area (Å²) >= 11 is 2.57. The summed E-state index contributed by atoms with van der Waals surface area (Å²) in [4.78, 5) is 95.9. The molecule has 4 aliphatic heterocycles. The number of carboxylic acid groups (broad SMARTS) is 1. The molecule has 2 aliphatic carbocycles. The Bertz CT molecular complexity index is 3940. The van der Waals surface area contributed by atoms with Gasteiger partial charge < -0.3 is 82.2 Å². The van der Waals surface area contributed by atoms with E-state index in [1.54, 1.807) is 0 Å². The van der Waals surface area contributed by atoms with E-state index in [9.17, 15) is 33.9 Å². The summed E-state index contributed by atoms with van der Waals surface area (Å²) in [6.07, 6.45) is 6.41.